The van der Waals surface area contributed by atoms with Crippen LogP contribution in [0.5, 0.6) is 0 Å². The van der Waals surface area contributed by atoms with Crippen LogP contribution in [0.25, 0.3) is 0 Å². The largest absolute Gasteiger partial charge is 0.399 e. The lowest BCUT2D eigenvalue weighted by Crippen LogP contribution is -2.04. The van der Waals surface area contributed by atoms with Gasteiger partial charge in [0.2, 0.25) is 0 Å². The van der Waals surface area contributed by atoms with E-state index in [0.717, 1.165) is 11.3 Å². The zero-order chi connectivity index (χ0) is 11.7. The van der Waals surface area contributed by atoms with Crippen LogP contribution in [-0.2, 0) is 6.54 Å². The van der Waals surface area contributed by atoms with E-state index in [2.05, 4.69) is 5.10 Å². The van der Waals surface area contributed by atoms with Gasteiger partial charge in [-0.3, -0.25) is 4.68 Å². The first-order chi connectivity index (χ1) is 7.58. The van der Waals surface area contributed by atoms with Crippen molar-refractivity contribution in [1.82, 2.24) is 9.78 Å². The molecule has 0 unspecified atom stereocenters. The number of rotatable bonds is 2. The molecule has 0 bridgehead atoms. The smallest absolute Gasteiger partial charge is 0.0815 e. The maximum atomic E-state index is 6.08. The van der Waals surface area contributed by atoms with E-state index in [9.17, 15) is 0 Å². The minimum Gasteiger partial charge on any atom is -0.399 e. The zero-order valence-corrected chi connectivity index (χ0v) is 10.3. The quantitative estimate of drug-likeness (QED) is 0.839. The molecule has 1 aromatic heterocycles. The number of hydrogen-bond donors (Lipinski definition) is 1. The maximum absolute atomic E-state index is 6.08. The average molecular weight is 256 g/mol. The van der Waals surface area contributed by atoms with Gasteiger partial charge >= 0.3 is 0 Å². The molecule has 0 aliphatic heterocycles. The van der Waals surface area contributed by atoms with Crippen molar-refractivity contribution in [3.8, 4) is 0 Å². The van der Waals surface area contributed by atoms with E-state index < -0.39 is 0 Å². The summed E-state index contributed by atoms with van der Waals surface area (Å²) < 4.78 is 1.81. The molecule has 0 aliphatic rings. The highest BCUT2D eigenvalue weighted by Crippen LogP contribution is 2.21. The molecule has 0 spiro atoms. The first-order valence-electron chi connectivity index (χ1n) is 4.79. The van der Waals surface area contributed by atoms with Gasteiger partial charge in [0.05, 0.1) is 23.5 Å². The molecule has 3 nitrogen and oxygen atoms in total. The van der Waals surface area contributed by atoms with Crippen molar-refractivity contribution in [2.75, 3.05) is 5.73 Å². The van der Waals surface area contributed by atoms with E-state index in [-0.39, 0.29) is 0 Å². The second-order valence-electron chi connectivity index (χ2n) is 3.59. The molecule has 2 N–H and O–H groups in total. The Morgan fingerprint density at radius 3 is 2.62 bits per heavy atom. The normalized spacial score (nSPS) is 10.7. The fraction of sp³-hybridized carbons (Fsp3) is 0.182. The summed E-state index contributed by atoms with van der Waals surface area (Å²) in [5.41, 5.74) is 8.18. The van der Waals surface area contributed by atoms with E-state index in [1.54, 1.807) is 16.9 Å². The highest BCUT2D eigenvalue weighted by atomic mass is 35.5. The van der Waals surface area contributed by atoms with Crippen molar-refractivity contribution in [3.05, 3.63) is 45.7 Å². The summed E-state index contributed by atoms with van der Waals surface area (Å²) >= 11 is 12.0. The summed E-state index contributed by atoms with van der Waals surface area (Å²) in [7, 11) is 0. The van der Waals surface area contributed by atoms with Crippen LogP contribution in [-0.4, -0.2) is 9.78 Å². The summed E-state index contributed by atoms with van der Waals surface area (Å²) in [6, 6.07) is 5.45. The number of anilines is 1. The lowest BCUT2D eigenvalue weighted by Gasteiger charge is -2.07. The van der Waals surface area contributed by atoms with Gasteiger partial charge in [0.1, 0.15) is 0 Å². The van der Waals surface area contributed by atoms with Gasteiger partial charge in [-0.05, 0) is 24.6 Å². The van der Waals surface area contributed by atoms with Gasteiger partial charge in [0.15, 0.2) is 0 Å². The van der Waals surface area contributed by atoms with Gasteiger partial charge in [-0.1, -0.05) is 29.3 Å². The van der Waals surface area contributed by atoms with Crippen LogP contribution in [0, 0.1) is 6.92 Å². The lowest BCUT2D eigenvalue weighted by molar-refractivity contribution is 0.665. The van der Waals surface area contributed by atoms with Crippen molar-refractivity contribution in [3.63, 3.8) is 0 Å². The summed E-state index contributed by atoms with van der Waals surface area (Å²) in [4.78, 5) is 0. The standard InChI is InChI=1S/C11H11Cl2N3/c1-7-11(13)5-15-16(7)6-8-2-3-9(14)4-10(8)12/h2-5H,6,14H2,1H3. The molecule has 0 saturated carbocycles. The van der Waals surface area contributed by atoms with Crippen LogP contribution < -0.4 is 5.73 Å². The van der Waals surface area contributed by atoms with Crippen LogP contribution in [0.3, 0.4) is 0 Å². The van der Waals surface area contributed by atoms with Gasteiger partial charge in [0, 0.05) is 10.7 Å². The van der Waals surface area contributed by atoms with E-state index in [0.29, 0.717) is 22.3 Å². The molecule has 0 radical (unpaired) electrons. The Kier molecular flexibility index (Phi) is 3.08. The van der Waals surface area contributed by atoms with E-state index >= 15 is 0 Å². The topological polar surface area (TPSA) is 43.8 Å². The molecule has 16 heavy (non-hydrogen) atoms. The number of aromatic nitrogens is 2. The maximum Gasteiger partial charge on any atom is 0.0815 e. The number of nitrogens with two attached hydrogens (primary N) is 1. The van der Waals surface area contributed by atoms with E-state index in [1.165, 1.54) is 0 Å². The zero-order valence-electron chi connectivity index (χ0n) is 8.74. The summed E-state index contributed by atoms with van der Waals surface area (Å²) in [5, 5.41) is 5.47. The van der Waals surface area contributed by atoms with E-state index in [4.69, 9.17) is 28.9 Å². The van der Waals surface area contributed by atoms with Crippen molar-refractivity contribution in [1.29, 1.82) is 0 Å². The van der Waals surface area contributed by atoms with Gasteiger partial charge in [-0.25, -0.2) is 0 Å². The van der Waals surface area contributed by atoms with Crippen LogP contribution in [0.4, 0.5) is 5.69 Å². The molecule has 0 fully saturated rings. The van der Waals surface area contributed by atoms with Crippen molar-refractivity contribution in [2.45, 2.75) is 13.5 Å². The average Bonchev–Trinajstić information content (AvgIpc) is 2.54. The third-order valence-electron chi connectivity index (χ3n) is 2.44. The Morgan fingerprint density at radius 1 is 1.31 bits per heavy atom. The minimum atomic E-state index is 0.595. The second kappa shape index (κ2) is 4.36. The van der Waals surface area contributed by atoms with Gasteiger partial charge in [-0.15, -0.1) is 0 Å². The first kappa shape index (κ1) is 11.3. The molecule has 84 valence electrons. The van der Waals surface area contributed by atoms with Gasteiger partial charge in [0.25, 0.3) is 0 Å². The monoisotopic (exact) mass is 255 g/mol. The summed E-state index contributed by atoms with van der Waals surface area (Å²) in [5.74, 6) is 0. The van der Waals surface area contributed by atoms with Crippen LogP contribution >= 0.6 is 23.2 Å². The lowest BCUT2D eigenvalue weighted by atomic mass is 10.2. The van der Waals surface area contributed by atoms with Gasteiger partial charge in [-0.2, -0.15) is 5.10 Å². The molecule has 5 heteroatoms. The Bertz CT molecular complexity index is 520. The number of nitrogen functional groups attached to an aromatic ring is 1. The molecule has 2 aromatic rings. The number of halogens is 2. The molecular weight excluding hydrogens is 245 g/mol. The minimum absolute atomic E-state index is 0.595. The Balaban J connectivity index is 2.30. The predicted molar refractivity (Wildman–Crippen MR) is 66.9 cm³/mol. The Hall–Kier alpha value is -1.19. The first-order valence-corrected chi connectivity index (χ1v) is 5.55. The molecular formula is C11H11Cl2N3. The Morgan fingerprint density at radius 2 is 2.06 bits per heavy atom. The Labute approximate surface area is 104 Å². The molecule has 1 heterocycles. The van der Waals surface area contributed by atoms with Crippen molar-refractivity contribution >= 4 is 28.9 Å². The molecule has 0 amide bonds. The highest BCUT2D eigenvalue weighted by molar-refractivity contribution is 6.31. The van der Waals surface area contributed by atoms with Crippen LogP contribution in [0.1, 0.15) is 11.3 Å². The number of hydrogen-bond acceptors (Lipinski definition) is 2. The van der Waals surface area contributed by atoms with Crippen molar-refractivity contribution in [2.24, 2.45) is 0 Å². The summed E-state index contributed by atoms with van der Waals surface area (Å²) in [6.45, 7) is 2.51. The molecule has 0 atom stereocenters. The molecule has 1 aromatic carbocycles. The highest BCUT2D eigenvalue weighted by Gasteiger charge is 2.07. The van der Waals surface area contributed by atoms with Crippen LogP contribution in [0.2, 0.25) is 10.0 Å². The fourth-order valence-electron chi connectivity index (χ4n) is 1.44. The third-order valence-corrected chi connectivity index (χ3v) is 3.16. The summed E-state index contributed by atoms with van der Waals surface area (Å²) in [6.07, 6.45) is 1.63. The molecule has 0 aliphatic carbocycles. The number of benzene rings is 1. The van der Waals surface area contributed by atoms with E-state index in [1.807, 2.05) is 19.1 Å². The SMILES string of the molecule is Cc1c(Cl)cnn1Cc1ccc(N)cc1Cl. The fourth-order valence-corrected chi connectivity index (χ4v) is 1.83. The molecule has 0 saturated heterocycles. The molecule has 2 rings (SSSR count). The second-order valence-corrected chi connectivity index (χ2v) is 4.40. The van der Waals surface area contributed by atoms with Crippen molar-refractivity contribution < 1.29 is 0 Å². The van der Waals surface area contributed by atoms with Crippen LogP contribution in [0.15, 0.2) is 24.4 Å². The van der Waals surface area contributed by atoms with Gasteiger partial charge < -0.3 is 5.73 Å². The third kappa shape index (κ3) is 2.15. The number of nitrogens with zero attached hydrogens (tertiary/aromatic N) is 2. The predicted octanol–water partition coefficient (Wildman–Crippen LogP) is 3.13.